The molecule has 2 fully saturated rings. The number of hydrogen-bond donors (Lipinski definition) is 1. The minimum Gasteiger partial charge on any atom is -0.497 e. The molecular formula is C104H113NO7. The van der Waals surface area contributed by atoms with Gasteiger partial charge in [0.25, 0.3) is 5.91 Å². The molecule has 0 bridgehead atoms. The predicted octanol–water partition coefficient (Wildman–Crippen LogP) is 28.0. The zero-order valence-corrected chi connectivity index (χ0v) is 67.4. The molecule has 1 aliphatic heterocycles. The highest BCUT2D eigenvalue weighted by Gasteiger charge is 2.45. The Kier molecular flexibility index (Phi) is 24.0. The van der Waals surface area contributed by atoms with Gasteiger partial charge in [-0.1, -0.05) is 238 Å². The third-order valence-electron chi connectivity index (χ3n) is 25.3. The summed E-state index contributed by atoms with van der Waals surface area (Å²) in [6.45, 7) is 16.9. The maximum Gasteiger partial charge on any atom is 0.311 e. The average Bonchev–Trinajstić information content (AvgIpc) is 1.44. The Morgan fingerprint density at radius 3 is 1.62 bits per heavy atom. The lowest BCUT2D eigenvalue weighted by Gasteiger charge is -2.39. The fourth-order valence-electron chi connectivity index (χ4n) is 18.8. The molecule has 11 aromatic carbocycles. The second-order valence-corrected chi connectivity index (χ2v) is 33.2. The fraction of sp³-hybridized carbons (Fsp3) is 0.365. The van der Waals surface area contributed by atoms with E-state index in [1.54, 1.807) is 7.11 Å². The van der Waals surface area contributed by atoms with Crippen LogP contribution >= 0.6 is 0 Å². The molecule has 576 valence electrons. The largest absolute Gasteiger partial charge is 0.497 e. The SMILES string of the molecule is CCCCCC1CCC(c2ccc(-c3ccc(OCCCCCC(=O)Oc4cccc5c4c(-c4ccc(NC(=O)c6ccc(-c7ccc(C8CCC(CCCCC)CC8)cc7)cc6)cc4C)cc4c6c(c7c(c45)OC(c4ccc(OC)cc4)(c4ccc(OCCCC)cc4)C=C7)C(C)(C)c4cc(C)ccc4-6)cc3)cc2)CC1. The van der Waals surface area contributed by atoms with Gasteiger partial charge in [0.05, 0.1) is 20.3 Å². The number of carbonyl (C=O) groups is 2. The number of amides is 1. The Labute approximate surface area is 665 Å². The van der Waals surface area contributed by atoms with Crippen LogP contribution in [0, 0.1) is 25.7 Å². The van der Waals surface area contributed by atoms with Gasteiger partial charge in [-0.05, 0) is 277 Å². The lowest BCUT2D eigenvalue weighted by Crippen LogP contribution is -2.35. The summed E-state index contributed by atoms with van der Waals surface area (Å²) in [7, 11) is 1.69. The van der Waals surface area contributed by atoms with Crippen molar-refractivity contribution in [3.63, 3.8) is 0 Å². The van der Waals surface area contributed by atoms with E-state index in [9.17, 15) is 9.59 Å². The number of aryl methyl sites for hydroxylation is 2. The van der Waals surface area contributed by atoms with E-state index in [-0.39, 0.29) is 18.3 Å². The molecule has 0 spiro atoms. The van der Waals surface area contributed by atoms with E-state index in [0.29, 0.717) is 48.5 Å². The van der Waals surface area contributed by atoms with E-state index in [2.05, 4.69) is 230 Å². The van der Waals surface area contributed by atoms with Gasteiger partial charge in [0.1, 0.15) is 28.7 Å². The third kappa shape index (κ3) is 16.5. The number of esters is 1. The number of methoxy groups -OCH3 is 1. The minimum atomic E-state index is -1.12. The van der Waals surface area contributed by atoms with Crippen molar-refractivity contribution in [1.29, 1.82) is 0 Å². The van der Waals surface area contributed by atoms with Crippen molar-refractivity contribution in [2.75, 3.05) is 25.6 Å². The molecule has 4 aliphatic rings. The molecule has 1 unspecified atom stereocenters. The molecule has 8 heteroatoms. The number of nitrogens with one attached hydrogen (secondary N) is 1. The Morgan fingerprint density at radius 2 is 1.04 bits per heavy atom. The summed E-state index contributed by atoms with van der Waals surface area (Å²) >= 11 is 0. The van der Waals surface area contributed by atoms with E-state index in [1.165, 1.54) is 147 Å². The van der Waals surface area contributed by atoms with Crippen molar-refractivity contribution in [1.82, 2.24) is 0 Å². The van der Waals surface area contributed by atoms with Crippen LogP contribution in [-0.4, -0.2) is 32.2 Å². The summed E-state index contributed by atoms with van der Waals surface area (Å²) in [5, 5.41) is 6.85. The van der Waals surface area contributed by atoms with Gasteiger partial charge in [-0.15, -0.1) is 0 Å². The number of carbonyl (C=O) groups excluding carboxylic acids is 2. The molecule has 0 aromatic heterocycles. The van der Waals surface area contributed by atoms with Gasteiger partial charge in [-0.3, -0.25) is 9.59 Å². The van der Waals surface area contributed by atoms with Gasteiger partial charge in [-0.25, -0.2) is 0 Å². The molecule has 1 amide bonds. The molecule has 1 heterocycles. The van der Waals surface area contributed by atoms with Crippen LogP contribution in [0.4, 0.5) is 5.69 Å². The van der Waals surface area contributed by atoms with E-state index < -0.39 is 11.0 Å². The number of rotatable bonds is 30. The molecule has 15 rings (SSSR count). The van der Waals surface area contributed by atoms with Gasteiger partial charge < -0.3 is 29.0 Å². The lowest BCUT2D eigenvalue weighted by molar-refractivity contribution is -0.134. The van der Waals surface area contributed by atoms with Crippen molar-refractivity contribution in [2.24, 2.45) is 11.8 Å². The second-order valence-electron chi connectivity index (χ2n) is 33.2. The Balaban J connectivity index is 0.723. The molecule has 112 heavy (non-hydrogen) atoms. The van der Waals surface area contributed by atoms with Crippen LogP contribution in [0.3, 0.4) is 0 Å². The first kappa shape index (κ1) is 77.2. The maximum atomic E-state index is 14.7. The smallest absolute Gasteiger partial charge is 0.311 e. The Hall–Kier alpha value is -10.2. The molecule has 11 aromatic rings. The van der Waals surface area contributed by atoms with Crippen molar-refractivity contribution >= 4 is 45.2 Å². The number of unbranched alkanes of at least 4 members (excludes halogenated alkanes) is 7. The summed E-state index contributed by atoms with van der Waals surface area (Å²) in [5.41, 5.74) is 18.8. The van der Waals surface area contributed by atoms with Crippen LogP contribution in [0.1, 0.15) is 248 Å². The normalized spacial score (nSPS) is 18.1. The number of benzene rings is 11. The number of ether oxygens (including phenoxy) is 5. The van der Waals surface area contributed by atoms with E-state index >= 15 is 0 Å². The van der Waals surface area contributed by atoms with E-state index in [4.69, 9.17) is 23.7 Å². The molecule has 0 saturated heterocycles. The van der Waals surface area contributed by atoms with Crippen LogP contribution < -0.4 is 29.0 Å². The highest BCUT2D eigenvalue weighted by molar-refractivity contribution is 6.24. The highest BCUT2D eigenvalue weighted by Crippen LogP contribution is 2.61. The van der Waals surface area contributed by atoms with Gasteiger partial charge in [0.15, 0.2) is 5.60 Å². The monoisotopic (exact) mass is 1490 g/mol. The molecule has 0 radical (unpaired) electrons. The van der Waals surface area contributed by atoms with Crippen molar-refractivity contribution in [3.05, 3.63) is 268 Å². The molecule has 8 nitrogen and oxygen atoms in total. The van der Waals surface area contributed by atoms with Crippen molar-refractivity contribution in [2.45, 2.75) is 213 Å². The number of fused-ring (bicyclic) bond motifs is 10. The predicted molar refractivity (Wildman–Crippen MR) is 463 cm³/mol. The lowest BCUT2D eigenvalue weighted by atomic mass is 9.76. The first-order chi connectivity index (χ1) is 54.7. The van der Waals surface area contributed by atoms with Crippen LogP contribution in [-0.2, 0) is 15.8 Å². The summed E-state index contributed by atoms with van der Waals surface area (Å²) in [6.07, 6.45) is 30.4. The molecule has 1 atom stereocenters. The van der Waals surface area contributed by atoms with Gasteiger partial charge in [0.2, 0.25) is 0 Å². The summed E-state index contributed by atoms with van der Waals surface area (Å²) in [6, 6.07) is 72.9. The quantitative estimate of drug-likeness (QED) is 0.0207. The van der Waals surface area contributed by atoms with Crippen LogP contribution in [0.25, 0.3) is 72.1 Å². The van der Waals surface area contributed by atoms with Crippen LogP contribution in [0.2, 0.25) is 0 Å². The zero-order chi connectivity index (χ0) is 77.3. The topological polar surface area (TPSA) is 92.3 Å². The number of hydrogen-bond acceptors (Lipinski definition) is 7. The molecule has 1 N–H and O–H groups in total. The minimum absolute atomic E-state index is 0.188. The second kappa shape index (κ2) is 34.8. The molecular weight excluding hydrogens is 1380 g/mol. The number of anilines is 1. The van der Waals surface area contributed by atoms with Crippen molar-refractivity contribution < 1.29 is 33.3 Å². The summed E-state index contributed by atoms with van der Waals surface area (Å²) < 4.78 is 33.1. The Bertz CT molecular complexity index is 5130. The van der Waals surface area contributed by atoms with E-state index in [0.717, 1.165) is 132 Å². The summed E-state index contributed by atoms with van der Waals surface area (Å²) in [5.74, 6) is 6.18. The standard InChI is InChI=1S/C104H113NO7/c1-9-12-16-21-71-27-31-73(32-28-71)75-35-39-77(40-36-75)79-43-45-81(46-44-79)102(107)105-84-53-61-88(70(5)67-84)92-68-93-98-89-60-26-69(4)66-94(89)103(6,7)100(98)91-62-63-104(82-49-56-85(108-8)57-50-82,83-51-58-87(59-52-83)109-64-14-11-3)112-101(91)99(93)90-23-20-24-95(97(90)92)111-96(106)25-18-15-19-65-110-86-54-47-80(48-55-86)78-41-37-76(38-42-78)74-33-29-72(30-34-74)22-17-13-10-2/h20,23-24,26,35-63,66-68,71-74H,9-19,21-22,25,27-34,64-65H2,1-8H3,(H,105,107). The molecule has 2 saturated carbocycles. The fourth-order valence-corrected chi connectivity index (χ4v) is 18.8. The van der Waals surface area contributed by atoms with Gasteiger partial charge in [0, 0.05) is 50.5 Å². The first-order valence-electron chi connectivity index (χ1n) is 42.3. The zero-order valence-electron chi connectivity index (χ0n) is 67.4. The molecule has 3 aliphatic carbocycles. The average molecular weight is 1490 g/mol. The first-order valence-corrected chi connectivity index (χ1v) is 42.3. The Morgan fingerprint density at radius 1 is 0.500 bits per heavy atom. The highest BCUT2D eigenvalue weighted by atomic mass is 16.5. The van der Waals surface area contributed by atoms with E-state index in [1.807, 2.05) is 42.5 Å². The van der Waals surface area contributed by atoms with Crippen LogP contribution in [0.5, 0.6) is 28.7 Å². The van der Waals surface area contributed by atoms with Gasteiger partial charge >= 0.3 is 5.97 Å². The van der Waals surface area contributed by atoms with Gasteiger partial charge in [-0.2, -0.15) is 0 Å². The van der Waals surface area contributed by atoms with Crippen LogP contribution in [0.15, 0.2) is 212 Å². The van der Waals surface area contributed by atoms with Crippen molar-refractivity contribution in [3.8, 4) is 73.3 Å². The maximum absolute atomic E-state index is 14.7. The summed E-state index contributed by atoms with van der Waals surface area (Å²) in [4.78, 5) is 29.0. The third-order valence-corrected chi connectivity index (χ3v) is 25.3.